The van der Waals surface area contributed by atoms with E-state index >= 15 is 0 Å². The second-order valence-corrected chi connectivity index (χ2v) is 7.53. The number of benzene rings is 1. The van der Waals surface area contributed by atoms with Crippen LogP contribution in [0, 0.1) is 6.92 Å². The lowest BCUT2D eigenvalue weighted by Gasteiger charge is -2.36. The highest BCUT2D eigenvalue weighted by Crippen LogP contribution is 2.29. The molecule has 0 bridgehead atoms. The van der Waals surface area contributed by atoms with E-state index in [1.807, 2.05) is 38.1 Å². The summed E-state index contributed by atoms with van der Waals surface area (Å²) in [7, 11) is 0. The summed E-state index contributed by atoms with van der Waals surface area (Å²) in [5.74, 6) is 1.85. The standard InChI is InChI=1S/C21H23ClN6O2/c1-3-18-25-26-20(30-18)16-5-4-8-23-19(16)27-9-11-28(12-10-27)21(29)24-17-7-6-15(22)13-14(17)2/h4-8,13H,3,9-12H2,1-2H3,(H,24,29). The van der Waals surface area contributed by atoms with Gasteiger partial charge < -0.3 is 19.5 Å². The first-order valence-electron chi connectivity index (χ1n) is 9.90. The van der Waals surface area contributed by atoms with Crippen LogP contribution in [-0.4, -0.2) is 52.3 Å². The minimum absolute atomic E-state index is 0.120. The zero-order valence-corrected chi connectivity index (χ0v) is 17.7. The lowest BCUT2D eigenvalue weighted by Crippen LogP contribution is -2.50. The van der Waals surface area contributed by atoms with Gasteiger partial charge in [0.25, 0.3) is 5.89 Å². The zero-order chi connectivity index (χ0) is 21.1. The number of aromatic nitrogens is 3. The van der Waals surface area contributed by atoms with Crippen molar-refractivity contribution in [3.8, 4) is 11.5 Å². The van der Waals surface area contributed by atoms with Gasteiger partial charge in [0, 0.05) is 49.5 Å². The summed E-state index contributed by atoms with van der Waals surface area (Å²) in [6, 6.07) is 9.09. The molecule has 9 heteroatoms. The van der Waals surface area contributed by atoms with Crippen LogP contribution in [0.5, 0.6) is 0 Å². The number of piperazine rings is 1. The summed E-state index contributed by atoms with van der Waals surface area (Å²) < 4.78 is 5.72. The van der Waals surface area contributed by atoms with Crippen molar-refractivity contribution in [1.29, 1.82) is 0 Å². The van der Waals surface area contributed by atoms with E-state index in [1.165, 1.54) is 0 Å². The molecule has 0 radical (unpaired) electrons. The number of rotatable bonds is 4. The molecular weight excluding hydrogens is 404 g/mol. The van der Waals surface area contributed by atoms with Crippen LogP contribution in [0.4, 0.5) is 16.3 Å². The molecule has 1 aromatic carbocycles. The first-order valence-corrected chi connectivity index (χ1v) is 10.3. The monoisotopic (exact) mass is 426 g/mol. The number of halogens is 1. The Labute approximate surface area is 179 Å². The average molecular weight is 427 g/mol. The number of nitrogens with one attached hydrogen (secondary N) is 1. The van der Waals surface area contributed by atoms with Crippen LogP contribution >= 0.6 is 11.6 Å². The van der Waals surface area contributed by atoms with Gasteiger partial charge in [0.15, 0.2) is 0 Å². The second-order valence-electron chi connectivity index (χ2n) is 7.09. The van der Waals surface area contributed by atoms with Crippen molar-refractivity contribution in [3.63, 3.8) is 0 Å². The SMILES string of the molecule is CCc1nnc(-c2cccnc2N2CCN(C(=O)Nc3ccc(Cl)cc3C)CC2)o1. The van der Waals surface area contributed by atoms with Gasteiger partial charge in [-0.1, -0.05) is 18.5 Å². The fourth-order valence-electron chi connectivity index (χ4n) is 3.40. The molecule has 1 aliphatic rings. The van der Waals surface area contributed by atoms with Crippen LogP contribution in [0.1, 0.15) is 18.4 Å². The van der Waals surface area contributed by atoms with Crippen LogP contribution in [-0.2, 0) is 6.42 Å². The molecule has 156 valence electrons. The van der Waals surface area contributed by atoms with Gasteiger partial charge in [-0.15, -0.1) is 10.2 Å². The maximum Gasteiger partial charge on any atom is 0.321 e. The van der Waals surface area contributed by atoms with Gasteiger partial charge in [-0.25, -0.2) is 9.78 Å². The Morgan fingerprint density at radius 1 is 1.20 bits per heavy atom. The van der Waals surface area contributed by atoms with E-state index in [9.17, 15) is 4.79 Å². The molecule has 1 N–H and O–H groups in total. The molecular formula is C21H23ClN6O2. The Kier molecular flexibility index (Phi) is 5.85. The van der Waals surface area contributed by atoms with Gasteiger partial charge in [0.05, 0.1) is 5.56 Å². The molecule has 0 saturated carbocycles. The Morgan fingerprint density at radius 2 is 2.00 bits per heavy atom. The van der Waals surface area contributed by atoms with Crippen molar-refractivity contribution in [3.05, 3.63) is 53.0 Å². The molecule has 3 heterocycles. The number of amides is 2. The third kappa shape index (κ3) is 4.23. The van der Waals surface area contributed by atoms with Crippen molar-refractivity contribution in [2.24, 2.45) is 0 Å². The summed E-state index contributed by atoms with van der Waals surface area (Å²) in [5, 5.41) is 11.8. The lowest BCUT2D eigenvalue weighted by molar-refractivity contribution is 0.208. The summed E-state index contributed by atoms with van der Waals surface area (Å²) in [5.41, 5.74) is 2.50. The first-order chi connectivity index (χ1) is 14.5. The number of pyridine rings is 1. The van der Waals surface area contributed by atoms with Gasteiger partial charge in [0.2, 0.25) is 5.89 Å². The molecule has 1 saturated heterocycles. The number of hydrogen-bond donors (Lipinski definition) is 1. The predicted octanol–water partition coefficient (Wildman–Crippen LogP) is 4.01. The number of anilines is 2. The number of urea groups is 1. The van der Waals surface area contributed by atoms with Crippen LogP contribution in [0.2, 0.25) is 5.02 Å². The van der Waals surface area contributed by atoms with Crippen LogP contribution < -0.4 is 10.2 Å². The topological polar surface area (TPSA) is 87.4 Å². The Balaban J connectivity index is 1.43. The highest BCUT2D eigenvalue weighted by Gasteiger charge is 2.25. The summed E-state index contributed by atoms with van der Waals surface area (Å²) in [6.45, 7) is 6.37. The molecule has 0 unspecified atom stereocenters. The molecule has 30 heavy (non-hydrogen) atoms. The number of carbonyl (C=O) groups is 1. The maximum atomic E-state index is 12.7. The zero-order valence-electron chi connectivity index (χ0n) is 16.9. The van der Waals surface area contributed by atoms with E-state index in [0.29, 0.717) is 49.4 Å². The van der Waals surface area contributed by atoms with Crippen molar-refractivity contribution in [1.82, 2.24) is 20.1 Å². The van der Waals surface area contributed by atoms with Crippen molar-refractivity contribution in [2.45, 2.75) is 20.3 Å². The Morgan fingerprint density at radius 3 is 2.70 bits per heavy atom. The third-order valence-electron chi connectivity index (χ3n) is 5.08. The van der Waals surface area contributed by atoms with Crippen molar-refractivity contribution in [2.75, 3.05) is 36.4 Å². The first kappa shape index (κ1) is 20.2. The molecule has 2 amide bonds. The summed E-state index contributed by atoms with van der Waals surface area (Å²) >= 11 is 5.99. The molecule has 2 aromatic heterocycles. The summed E-state index contributed by atoms with van der Waals surface area (Å²) in [6.07, 6.45) is 2.43. The molecule has 4 rings (SSSR count). The fraction of sp³-hybridized carbons (Fsp3) is 0.333. The normalized spacial score (nSPS) is 14.1. The molecule has 0 atom stereocenters. The predicted molar refractivity (Wildman–Crippen MR) is 116 cm³/mol. The second kappa shape index (κ2) is 8.71. The Bertz CT molecular complexity index is 1050. The third-order valence-corrected chi connectivity index (χ3v) is 5.32. The van der Waals surface area contributed by atoms with Gasteiger partial charge in [-0.3, -0.25) is 0 Å². The van der Waals surface area contributed by atoms with E-state index in [0.717, 1.165) is 22.6 Å². The minimum atomic E-state index is -0.120. The smallest absolute Gasteiger partial charge is 0.321 e. The highest BCUT2D eigenvalue weighted by atomic mass is 35.5. The summed E-state index contributed by atoms with van der Waals surface area (Å²) in [4.78, 5) is 21.2. The van der Waals surface area contributed by atoms with E-state index in [-0.39, 0.29) is 6.03 Å². The van der Waals surface area contributed by atoms with Gasteiger partial charge in [0.1, 0.15) is 5.82 Å². The number of nitrogens with zero attached hydrogens (tertiary/aromatic N) is 5. The minimum Gasteiger partial charge on any atom is -0.421 e. The van der Waals surface area contributed by atoms with Crippen molar-refractivity contribution >= 4 is 29.1 Å². The van der Waals surface area contributed by atoms with Gasteiger partial charge >= 0.3 is 6.03 Å². The van der Waals surface area contributed by atoms with E-state index in [1.54, 1.807) is 17.2 Å². The molecule has 1 aliphatic heterocycles. The number of hydrogen-bond acceptors (Lipinski definition) is 6. The number of carbonyl (C=O) groups excluding carboxylic acids is 1. The fourth-order valence-corrected chi connectivity index (χ4v) is 3.63. The Hall–Kier alpha value is -3.13. The van der Waals surface area contributed by atoms with E-state index < -0.39 is 0 Å². The molecule has 0 spiro atoms. The van der Waals surface area contributed by atoms with Crippen molar-refractivity contribution < 1.29 is 9.21 Å². The maximum absolute atomic E-state index is 12.7. The molecule has 8 nitrogen and oxygen atoms in total. The van der Waals surface area contributed by atoms with E-state index in [4.69, 9.17) is 16.0 Å². The average Bonchev–Trinajstić information content (AvgIpc) is 3.25. The quantitative estimate of drug-likeness (QED) is 0.678. The molecule has 1 fully saturated rings. The molecule has 0 aliphatic carbocycles. The van der Waals surface area contributed by atoms with E-state index in [2.05, 4.69) is 25.4 Å². The van der Waals surface area contributed by atoms with Crippen LogP contribution in [0.3, 0.4) is 0 Å². The lowest BCUT2D eigenvalue weighted by atomic mass is 10.2. The van der Waals surface area contributed by atoms with Gasteiger partial charge in [-0.2, -0.15) is 0 Å². The van der Waals surface area contributed by atoms with Crippen LogP contribution in [0.15, 0.2) is 40.9 Å². The molecule has 3 aromatic rings. The van der Waals surface area contributed by atoms with Crippen LogP contribution in [0.25, 0.3) is 11.5 Å². The largest absolute Gasteiger partial charge is 0.421 e. The van der Waals surface area contributed by atoms with Gasteiger partial charge in [-0.05, 0) is 42.8 Å². The highest BCUT2D eigenvalue weighted by molar-refractivity contribution is 6.30. The number of aryl methyl sites for hydroxylation is 2.